The fourth-order valence-corrected chi connectivity index (χ4v) is 1.30. The molecule has 0 aliphatic rings. The molecule has 0 aliphatic heterocycles. The molecule has 2 rings (SSSR count). The molecule has 1 N–H and O–H groups in total. The molecule has 0 unspecified atom stereocenters. The fraction of sp³-hybridized carbons (Fsp3) is 0.273. The molecular weight excluding hydrogens is 209 g/mol. The second-order valence-corrected chi connectivity index (χ2v) is 3.55. The van der Waals surface area contributed by atoms with Crippen LogP contribution in [0.5, 0.6) is 0 Å². The summed E-state index contributed by atoms with van der Waals surface area (Å²) >= 11 is 0. The van der Waals surface area contributed by atoms with Gasteiger partial charge in [-0.2, -0.15) is 4.98 Å². The first-order chi connectivity index (χ1) is 7.65. The Labute approximate surface area is 92.5 Å². The van der Waals surface area contributed by atoms with Gasteiger partial charge in [-0.25, -0.2) is 4.39 Å². The van der Waals surface area contributed by atoms with Crippen LogP contribution in [0.15, 0.2) is 22.7 Å². The second kappa shape index (κ2) is 4.30. The summed E-state index contributed by atoms with van der Waals surface area (Å²) < 4.78 is 18.0. The van der Waals surface area contributed by atoms with E-state index in [0.29, 0.717) is 29.5 Å². The molecule has 1 heterocycles. The van der Waals surface area contributed by atoms with Crippen LogP contribution in [0.3, 0.4) is 0 Å². The van der Waals surface area contributed by atoms with E-state index >= 15 is 0 Å². The van der Waals surface area contributed by atoms with Crippen molar-refractivity contribution in [2.75, 3.05) is 5.32 Å². The summed E-state index contributed by atoms with van der Waals surface area (Å²) in [7, 11) is 0. The largest absolute Gasteiger partial charge is 0.378 e. The standard InChI is InChI=1S/C11H12FN3O/c1-7-3-4-9(5-10(7)12)13-6-11-14-8(2)16-15-11/h3-5,13H,6H2,1-2H3. The molecular formula is C11H12FN3O. The van der Waals surface area contributed by atoms with E-state index in [2.05, 4.69) is 15.5 Å². The topological polar surface area (TPSA) is 51.0 Å². The minimum Gasteiger partial charge on any atom is -0.378 e. The van der Waals surface area contributed by atoms with Gasteiger partial charge in [0.25, 0.3) is 0 Å². The van der Waals surface area contributed by atoms with Gasteiger partial charge in [-0.15, -0.1) is 0 Å². The summed E-state index contributed by atoms with van der Waals surface area (Å²) in [6.45, 7) is 3.86. The summed E-state index contributed by atoms with van der Waals surface area (Å²) in [5.41, 5.74) is 1.33. The lowest BCUT2D eigenvalue weighted by atomic mass is 10.2. The molecule has 0 amide bonds. The predicted octanol–water partition coefficient (Wildman–Crippen LogP) is 2.44. The molecule has 1 aromatic heterocycles. The van der Waals surface area contributed by atoms with Crippen molar-refractivity contribution in [1.29, 1.82) is 0 Å². The van der Waals surface area contributed by atoms with E-state index in [1.807, 2.05) is 6.07 Å². The molecule has 1 aromatic carbocycles. The molecule has 0 saturated heterocycles. The van der Waals surface area contributed by atoms with E-state index in [-0.39, 0.29) is 5.82 Å². The minimum absolute atomic E-state index is 0.228. The number of rotatable bonds is 3. The van der Waals surface area contributed by atoms with Gasteiger partial charge in [0.05, 0.1) is 6.54 Å². The average molecular weight is 221 g/mol. The molecule has 0 radical (unpaired) electrons. The molecule has 0 bridgehead atoms. The minimum atomic E-state index is -0.228. The van der Waals surface area contributed by atoms with Gasteiger partial charge < -0.3 is 9.84 Å². The third-order valence-corrected chi connectivity index (χ3v) is 2.19. The van der Waals surface area contributed by atoms with Gasteiger partial charge in [-0.05, 0) is 24.6 Å². The summed E-state index contributed by atoms with van der Waals surface area (Å²) in [4.78, 5) is 4.03. The van der Waals surface area contributed by atoms with Crippen LogP contribution in [0, 0.1) is 19.7 Å². The maximum atomic E-state index is 13.2. The van der Waals surface area contributed by atoms with Gasteiger partial charge in [-0.3, -0.25) is 0 Å². The number of hydrogen-bond acceptors (Lipinski definition) is 4. The first-order valence-electron chi connectivity index (χ1n) is 4.94. The third-order valence-electron chi connectivity index (χ3n) is 2.19. The first-order valence-corrected chi connectivity index (χ1v) is 4.94. The van der Waals surface area contributed by atoms with Crippen molar-refractivity contribution >= 4 is 5.69 Å². The molecule has 0 fully saturated rings. The Kier molecular flexibility index (Phi) is 2.85. The molecule has 2 aromatic rings. The van der Waals surface area contributed by atoms with E-state index < -0.39 is 0 Å². The van der Waals surface area contributed by atoms with Crippen LogP contribution < -0.4 is 5.32 Å². The average Bonchev–Trinajstić information content (AvgIpc) is 2.66. The number of nitrogens with one attached hydrogen (secondary N) is 1. The van der Waals surface area contributed by atoms with Crippen molar-refractivity contribution in [3.05, 3.63) is 41.3 Å². The van der Waals surface area contributed by atoms with E-state index in [0.717, 1.165) is 0 Å². The van der Waals surface area contributed by atoms with Gasteiger partial charge in [-0.1, -0.05) is 11.2 Å². The third kappa shape index (κ3) is 2.36. The molecule has 0 saturated carbocycles. The van der Waals surface area contributed by atoms with Crippen molar-refractivity contribution in [1.82, 2.24) is 10.1 Å². The zero-order chi connectivity index (χ0) is 11.5. The van der Waals surface area contributed by atoms with Gasteiger partial charge in [0.2, 0.25) is 5.89 Å². The molecule has 16 heavy (non-hydrogen) atoms. The number of aryl methyl sites for hydroxylation is 2. The molecule has 0 aliphatic carbocycles. The SMILES string of the molecule is Cc1nc(CNc2ccc(C)c(F)c2)no1. The maximum Gasteiger partial charge on any atom is 0.223 e. The van der Waals surface area contributed by atoms with E-state index in [1.54, 1.807) is 19.9 Å². The Hall–Kier alpha value is -1.91. The van der Waals surface area contributed by atoms with Crippen LogP contribution in [-0.2, 0) is 6.54 Å². The van der Waals surface area contributed by atoms with Crippen molar-refractivity contribution in [2.24, 2.45) is 0 Å². The Morgan fingerprint density at radius 3 is 2.81 bits per heavy atom. The lowest BCUT2D eigenvalue weighted by Crippen LogP contribution is -2.01. The van der Waals surface area contributed by atoms with Crippen molar-refractivity contribution in [3.63, 3.8) is 0 Å². The summed E-state index contributed by atoms with van der Waals surface area (Å²) in [6, 6.07) is 4.98. The summed E-state index contributed by atoms with van der Waals surface area (Å²) in [5, 5.41) is 6.75. The van der Waals surface area contributed by atoms with Crippen LogP contribution in [0.25, 0.3) is 0 Å². The Morgan fingerprint density at radius 1 is 1.38 bits per heavy atom. The molecule has 4 nitrogen and oxygen atoms in total. The van der Waals surface area contributed by atoms with Gasteiger partial charge in [0, 0.05) is 12.6 Å². The van der Waals surface area contributed by atoms with Crippen LogP contribution in [0.1, 0.15) is 17.3 Å². The van der Waals surface area contributed by atoms with Crippen molar-refractivity contribution in [2.45, 2.75) is 20.4 Å². The smallest absolute Gasteiger partial charge is 0.223 e. The number of aromatic nitrogens is 2. The summed E-state index contributed by atoms with van der Waals surface area (Å²) in [6.07, 6.45) is 0. The fourth-order valence-electron chi connectivity index (χ4n) is 1.30. The number of nitrogens with zero attached hydrogens (tertiary/aromatic N) is 2. The van der Waals surface area contributed by atoms with Gasteiger partial charge >= 0.3 is 0 Å². The molecule has 0 spiro atoms. The highest BCUT2D eigenvalue weighted by Crippen LogP contribution is 2.14. The number of anilines is 1. The van der Waals surface area contributed by atoms with Gasteiger partial charge in [0.15, 0.2) is 5.82 Å². The highest BCUT2D eigenvalue weighted by Gasteiger charge is 2.03. The lowest BCUT2D eigenvalue weighted by Gasteiger charge is -2.04. The van der Waals surface area contributed by atoms with E-state index in [9.17, 15) is 4.39 Å². The predicted molar refractivity (Wildman–Crippen MR) is 57.5 cm³/mol. The van der Waals surface area contributed by atoms with Crippen LogP contribution in [0.4, 0.5) is 10.1 Å². The Morgan fingerprint density at radius 2 is 2.19 bits per heavy atom. The zero-order valence-electron chi connectivity index (χ0n) is 9.12. The molecule has 84 valence electrons. The van der Waals surface area contributed by atoms with Crippen molar-refractivity contribution < 1.29 is 8.91 Å². The molecule has 0 atom stereocenters. The number of halogens is 1. The van der Waals surface area contributed by atoms with Crippen LogP contribution in [-0.4, -0.2) is 10.1 Å². The number of hydrogen-bond donors (Lipinski definition) is 1. The zero-order valence-corrected chi connectivity index (χ0v) is 9.12. The quantitative estimate of drug-likeness (QED) is 0.864. The lowest BCUT2D eigenvalue weighted by molar-refractivity contribution is 0.388. The van der Waals surface area contributed by atoms with Gasteiger partial charge in [0.1, 0.15) is 5.82 Å². The van der Waals surface area contributed by atoms with Crippen molar-refractivity contribution in [3.8, 4) is 0 Å². The normalized spacial score (nSPS) is 10.4. The maximum absolute atomic E-state index is 13.2. The van der Waals surface area contributed by atoms with Crippen LogP contribution in [0.2, 0.25) is 0 Å². The second-order valence-electron chi connectivity index (χ2n) is 3.55. The summed E-state index contributed by atoms with van der Waals surface area (Å²) in [5.74, 6) is 0.847. The molecule has 5 heteroatoms. The first kappa shape index (κ1) is 10.6. The number of benzene rings is 1. The monoisotopic (exact) mass is 221 g/mol. The van der Waals surface area contributed by atoms with E-state index in [1.165, 1.54) is 6.07 Å². The van der Waals surface area contributed by atoms with Crippen LogP contribution >= 0.6 is 0 Å². The van der Waals surface area contributed by atoms with E-state index in [4.69, 9.17) is 4.52 Å². The highest BCUT2D eigenvalue weighted by atomic mass is 19.1. The Bertz CT molecular complexity index is 496. The Balaban J connectivity index is 2.02. The highest BCUT2D eigenvalue weighted by molar-refractivity contribution is 5.45.